The number of hydrogen-bond donors (Lipinski definition) is 0. The molecule has 86 valence electrons. The van der Waals surface area contributed by atoms with E-state index in [9.17, 15) is 4.79 Å². The fourth-order valence-electron chi connectivity index (χ4n) is 1.61. The summed E-state index contributed by atoms with van der Waals surface area (Å²) >= 11 is 3.44. The molecule has 1 aliphatic heterocycles. The molecule has 1 amide bonds. The molecule has 0 aromatic heterocycles. The highest BCUT2D eigenvalue weighted by Crippen LogP contribution is 2.30. The number of carbonyl (C=O) groups excluding carboxylic acids is 1. The van der Waals surface area contributed by atoms with Crippen LogP contribution in [0.4, 0.5) is 5.69 Å². The van der Waals surface area contributed by atoms with E-state index >= 15 is 0 Å². The fraction of sp³-hybridized carbons (Fsp3) is 0.364. The van der Waals surface area contributed by atoms with Gasteiger partial charge in [-0.2, -0.15) is 0 Å². The van der Waals surface area contributed by atoms with Gasteiger partial charge in [0.2, 0.25) is 0 Å². The molecule has 0 aliphatic carbocycles. The number of hydrogen-bond acceptors (Lipinski definition) is 3. The third-order valence-corrected chi connectivity index (χ3v) is 3.07. The van der Waals surface area contributed by atoms with Crippen molar-refractivity contribution in [2.75, 3.05) is 31.8 Å². The number of anilines is 1. The van der Waals surface area contributed by atoms with Crippen molar-refractivity contribution >= 4 is 27.5 Å². The Labute approximate surface area is 102 Å². The summed E-state index contributed by atoms with van der Waals surface area (Å²) in [5.74, 6) is 0.744. The summed E-state index contributed by atoms with van der Waals surface area (Å²) in [6, 6.07) is 5.55. The predicted octanol–water partition coefficient (Wildman–Crippen LogP) is 1.82. The summed E-state index contributed by atoms with van der Waals surface area (Å²) in [5.41, 5.74) is 0.856. The Bertz CT molecular complexity index is 408. The van der Waals surface area contributed by atoms with Crippen LogP contribution in [0.3, 0.4) is 0 Å². The molecule has 1 aliphatic rings. The van der Waals surface area contributed by atoms with E-state index in [1.165, 1.54) is 0 Å². The molecule has 1 fully saturated rings. The average Bonchev–Trinajstić information content (AvgIpc) is 2.30. The standard InChI is InChI=1S/C11H12BrNO3/c1-15-8-2-3-10(9(12)6-8)13-4-5-16-7-11(13)14/h2-3,6H,4-5,7H2,1H3. The number of methoxy groups -OCH3 is 1. The molecule has 0 atom stereocenters. The molecule has 1 aromatic rings. The molecule has 1 aromatic carbocycles. The second-order valence-electron chi connectivity index (χ2n) is 3.42. The Balaban J connectivity index is 2.28. The number of rotatable bonds is 2. The van der Waals surface area contributed by atoms with E-state index < -0.39 is 0 Å². The quantitative estimate of drug-likeness (QED) is 0.832. The highest BCUT2D eigenvalue weighted by molar-refractivity contribution is 9.10. The lowest BCUT2D eigenvalue weighted by Crippen LogP contribution is -2.41. The van der Waals surface area contributed by atoms with Gasteiger partial charge in [-0.1, -0.05) is 0 Å². The Hall–Kier alpha value is -1.07. The van der Waals surface area contributed by atoms with Crippen LogP contribution in [0, 0.1) is 0 Å². The lowest BCUT2D eigenvalue weighted by atomic mass is 10.2. The Kier molecular flexibility index (Phi) is 3.46. The van der Waals surface area contributed by atoms with Crippen molar-refractivity contribution in [3.8, 4) is 5.75 Å². The number of amides is 1. The minimum atomic E-state index is -0.0166. The second kappa shape index (κ2) is 4.84. The zero-order chi connectivity index (χ0) is 11.5. The highest BCUT2D eigenvalue weighted by Gasteiger charge is 2.21. The van der Waals surface area contributed by atoms with Gasteiger partial charge in [0, 0.05) is 11.0 Å². The predicted molar refractivity (Wildman–Crippen MR) is 63.9 cm³/mol. The first-order valence-electron chi connectivity index (χ1n) is 4.94. The first-order valence-corrected chi connectivity index (χ1v) is 5.73. The van der Waals surface area contributed by atoms with Gasteiger partial charge in [0.1, 0.15) is 12.4 Å². The van der Waals surface area contributed by atoms with Gasteiger partial charge in [-0.05, 0) is 34.1 Å². The number of nitrogens with zero attached hydrogens (tertiary/aromatic N) is 1. The minimum Gasteiger partial charge on any atom is -0.497 e. The smallest absolute Gasteiger partial charge is 0.253 e. The molecule has 1 heterocycles. The van der Waals surface area contributed by atoms with Crippen LogP contribution < -0.4 is 9.64 Å². The van der Waals surface area contributed by atoms with Gasteiger partial charge in [-0.15, -0.1) is 0 Å². The normalized spacial score (nSPS) is 16.4. The lowest BCUT2D eigenvalue weighted by Gasteiger charge is -2.27. The number of halogens is 1. The summed E-state index contributed by atoms with van der Waals surface area (Å²) in [6.07, 6.45) is 0. The topological polar surface area (TPSA) is 38.8 Å². The summed E-state index contributed by atoms with van der Waals surface area (Å²) < 4.78 is 11.0. The molecule has 0 N–H and O–H groups in total. The van der Waals surface area contributed by atoms with Crippen molar-refractivity contribution in [3.05, 3.63) is 22.7 Å². The van der Waals surface area contributed by atoms with Gasteiger partial charge in [-0.25, -0.2) is 0 Å². The molecule has 0 radical (unpaired) electrons. The summed E-state index contributed by atoms with van der Waals surface area (Å²) in [4.78, 5) is 13.4. The molecule has 16 heavy (non-hydrogen) atoms. The minimum absolute atomic E-state index is 0.0166. The molecule has 0 saturated carbocycles. The van der Waals surface area contributed by atoms with Gasteiger partial charge in [0.25, 0.3) is 5.91 Å². The summed E-state index contributed by atoms with van der Waals surface area (Å²) in [5, 5.41) is 0. The van der Waals surface area contributed by atoms with Crippen molar-refractivity contribution in [1.29, 1.82) is 0 Å². The SMILES string of the molecule is COc1ccc(N2CCOCC2=O)c(Br)c1. The monoisotopic (exact) mass is 285 g/mol. The van der Waals surface area contributed by atoms with Crippen molar-refractivity contribution in [2.45, 2.75) is 0 Å². The van der Waals surface area contributed by atoms with Crippen molar-refractivity contribution < 1.29 is 14.3 Å². The lowest BCUT2D eigenvalue weighted by molar-refractivity contribution is -0.125. The molecule has 5 heteroatoms. The van der Waals surface area contributed by atoms with Gasteiger partial charge in [0.15, 0.2) is 0 Å². The third kappa shape index (κ3) is 2.20. The van der Waals surface area contributed by atoms with Gasteiger partial charge in [0.05, 0.1) is 19.4 Å². The maximum Gasteiger partial charge on any atom is 0.253 e. The van der Waals surface area contributed by atoms with Crippen molar-refractivity contribution in [3.63, 3.8) is 0 Å². The van der Waals surface area contributed by atoms with Crippen LogP contribution in [0.15, 0.2) is 22.7 Å². The Morgan fingerprint density at radius 1 is 1.50 bits per heavy atom. The molecular formula is C11H12BrNO3. The zero-order valence-corrected chi connectivity index (χ0v) is 10.5. The van der Waals surface area contributed by atoms with Crippen LogP contribution >= 0.6 is 15.9 Å². The molecule has 0 spiro atoms. The number of ether oxygens (including phenoxy) is 2. The first-order chi connectivity index (χ1) is 7.72. The Morgan fingerprint density at radius 2 is 2.31 bits per heavy atom. The van der Waals surface area contributed by atoms with E-state index in [-0.39, 0.29) is 12.5 Å². The summed E-state index contributed by atoms with van der Waals surface area (Å²) in [6.45, 7) is 1.31. The molecule has 0 bridgehead atoms. The van der Waals surface area contributed by atoms with Gasteiger partial charge < -0.3 is 14.4 Å². The third-order valence-electron chi connectivity index (χ3n) is 2.43. The molecule has 2 rings (SSSR count). The fourth-order valence-corrected chi connectivity index (χ4v) is 2.18. The number of benzene rings is 1. The summed E-state index contributed by atoms with van der Waals surface area (Å²) in [7, 11) is 1.61. The molecule has 4 nitrogen and oxygen atoms in total. The highest BCUT2D eigenvalue weighted by atomic mass is 79.9. The van der Waals surface area contributed by atoms with E-state index in [4.69, 9.17) is 9.47 Å². The van der Waals surface area contributed by atoms with Crippen LogP contribution in [-0.2, 0) is 9.53 Å². The average molecular weight is 286 g/mol. The van der Waals surface area contributed by atoms with E-state index in [1.54, 1.807) is 12.0 Å². The van der Waals surface area contributed by atoms with Crippen LogP contribution in [0.25, 0.3) is 0 Å². The van der Waals surface area contributed by atoms with Gasteiger partial charge in [-0.3, -0.25) is 4.79 Å². The van der Waals surface area contributed by atoms with Crippen LogP contribution in [0.1, 0.15) is 0 Å². The largest absolute Gasteiger partial charge is 0.497 e. The van der Waals surface area contributed by atoms with E-state index in [0.717, 1.165) is 15.9 Å². The van der Waals surface area contributed by atoms with E-state index in [2.05, 4.69) is 15.9 Å². The molecular weight excluding hydrogens is 274 g/mol. The van der Waals surface area contributed by atoms with Crippen molar-refractivity contribution in [2.24, 2.45) is 0 Å². The van der Waals surface area contributed by atoms with Crippen LogP contribution in [0.2, 0.25) is 0 Å². The molecule has 0 unspecified atom stereocenters. The van der Waals surface area contributed by atoms with E-state index in [0.29, 0.717) is 13.2 Å². The molecule has 1 saturated heterocycles. The Morgan fingerprint density at radius 3 is 2.94 bits per heavy atom. The van der Waals surface area contributed by atoms with Gasteiger partial charge >= 0.3 is 0 Å². The first kappa shape index (κ1) is 11.4. The number of morpholine rings is 1. The number of carbonyl (C=O) groups is 1. The van der Waals surface area contributed by atoms with Crippen molar-refractivity contribution in [1.82, 2.24) is 0 Å². The van der Waals surface area contributed by atoms with E-state index in [1.807, 2.05) is 18.2 Å². The second-order valence-corrected chi connectivity index (χ2v) is 4.27. The zero-order valence-electron chi connectivity index (χ0n) is 8.90. The maximum atomic E-state index is 11.7. The maximum absolute atomic E-state index is 11.7. The van der Waals surface area contributed by atoms with Crippen LogP contribution in [-0.4, -0.2) is 32.8 Å². The van der Waals surface area contributed by atoms with Crippen LogP contribution in [0.5, 0.6) is 5.75 Å².